The van der Waals surface area contributed by atoms with Crippen LogP contribution in [0.3, 0.4) is 0 Å². The van der Waals surface area contributed by atoms with E-state index in [1.807, 2.05) is 24.3 Å². The Bertz CT molecular complexity index is 1170. The summed E-state index contributed by atoms with van der Waals surface area (Å²) in [4.78, 5) is 17.0. The molecule has 2 aliphatic rings. The molecule has 0 saturated carbocycles. The van der Waals surface area contributed by atoms with Crippen molar-refractivity contribution in [1.82, 2.24) is 4.90 Å². The number of hydrogen-bond donors (Lipinski definition) is 0. The molecule has 3 aromatic rings. The molecule has 0 atom stereocenters. The maximum Gasteiger partial charge on any atom is 0.336 e. The second-order valence-electron chi connectivity index (χ2n) is 8.34. The Hall–Kier alpha value is -3.10. The maximum absolute atomic E-state index is 12.2. The monoisotopic (exact) mass is 399 g/mol. The van der Waals surface area contributed by atoms with Crippen molar-refractivity contribution >= 4 is 16.7 Å². The van der Waals surface area contributed by atoms with Crippen molar-refractivity contribution in [2.45, 2.75) is 32.2 Å². The van der Waals surface area contributed by atoms with Crippen molar-refractivity contribution in [1.29, 1.82) is 5.26 Å². The number of hydrogen-bond acceptors (Lipinski definition) is 5. The fraction of sp³-hybridized carbons (Fsp3) is 0.360. The Morgan fingerprint density at radius 2 is 1.73 bits per heavy atom. The minimum absolute atomic E-state index is 0.260. The topological polar surface area (TPSA) is 60.5 Å². The van der Waals surface area contributed by atoms with Crippen LogP contribution in [0.2, 0.25) is 0 Å². The first-order valence-corrected chi connectivity index (χ1v) is 10.8. The average Bonchev–Trinajstić information content (AvgIpc) is 3.09. The van der Waals surface area contributed by atoms with Gasteiger partial charge in [0.1, 0.15) is 5.58 Å². The molecule has 0 bridgehead atoms. The van der Waals surface area contributed by atoms with Gasteiger partial charge in [-0.1, -0.05) is 0 Å². The smallest absolute Gasteiger partial charge is 0.336 e. The Kier molecular flexibility index (Phi) is 5.02. The summed E-state index contributed by atoms with van der Waals surface area (Å²) in [5.41, 5.74) is 6.13. The van der Waals surface area contributed by atoms with Gasteiger partial charge in [-0.25, -0.2) is 4.79 Å². The SMILES string of the molecule is N#Cc1ccc(N2CCCN(Cc3cc(=O)oc4cc5c(cc34)CCC5)CC2)cc1. The highest BCUT2D eigenvalue weighted by atomic mass is 16.4. The first-order chi connectivity index (χ1) is 14.7. The molecule has 1 aliphatic heterocycles. The first-order valence-electron chi connectivity index (χ1n) is 10.8. The van der Waals surface area contributed by atoms with E-state index in [1.54, 1.807) is 6.07 Å². The van der Waals surface area contributed by atoms with Gasteiger partial charge in [0.2, 0.25) is 0 Å². The highest BCUT2D eigenvalue weighted by Crippen LogP contribution is 2.29. The fourth-order valence-electron chi connectivity index (χ4n) is 4.80. The highest BCUT2D eigenvalue weighted by Gasteiger charge is 2.19. The van der Waals surface area contributed by atoms with Crippen LogP contribution in [0.25, 0.3) is 11.0 Å². The Balaban J connectivity index is 1.35. The van der Waals surface area contributed by atoms with Crippen molar-refractivity contribution in [2.75, 3.05) is 31.1 Å². The zero-order valence-electron chi connectivity index (χ0n) is 17.1. The summed E-state index contributed by atoms with van der Waals surface area (Å²) in [5, 5.41) is 10.1. The molecule has 0 unspecified atom stereocenters. The number of benzene rings is 2. The predicted octanol–water partition coefficient (Wildman–Crippen LogP) is 3.87. The molecule has 0 N–H and O–H groups in total. The van der Waals surface area contributed by atoms with Crippen LogP contribution in [0.1, 0.15) is 35.1 Å². The molecule has 0 spiro atoms. The number of fused-ring (bicyclic) bond motifs is 2. The van der Waals surface area contributed by atoms with Gasteiger partial charge in [0.15, 0.2) is 0 Å². The molecule has 5 heteroatoms. The summed E-state index contributed by atoms with van der Waals surface area (Å²) in [6.45, 7) is 4.63. The Morgan fingerprint density at radius 3 is 2.53 bits per heavy atom. The zero-order chi connectivity index (χ0) is 20.5. The fourth-order valence-corrected chi connectivity index (χ4v) is 4.80. The maximum atomic E-state index is 12.2. The van der Waals surface area contributed by atoms with Crippen molar-refractivity contribution in [3.63, 3.8) is 0 Å². The lowest BCUT2D eigenvalue weighted by atomic mass is 10.0. The molecule has 1 fully saturated rings. The van der Waals surface area contributed by atoms with Gasteiger partial charge in [-0.2, -0.15) is 5.26 Å². The van der Waals surface area contributed by atoms with Crippen LogP contribution in [-0.2, 0) is 19.4 Å². The predicted molar refractivity (Wildman–Crippen MR) is 118 cm³/mol. The van der Waals surface area contributed by atoms with E-state index < -0.39 is 0 Å². The quantitative estimate of drug-likeness (QED) is 0.626. The lowest BCUT2D eigenvalue weighted by Gasteiger charge is -2.24. The van der Waals surface area contributed by atoms with Gasteiger partial charge >= 0.3 is 5.63 Å². The Morgan fingerprint density at radius 1 is 0.933 bits per heavy atom. The van der Waals surface area contributed by atoms with E-state index in [9.17, 15) is 4.79 Å². The van der Waals surface area contributed by atoms with E-state index in [2.05, 4.69) is 28.0 Å². The van der Waals surface area contributed by atoms with E-state index in [1.165, 1.54) is 17.5 Å². The molecular formula is C25H25N3O2. The molecule has 1 saturated heterocycles. The van der Waals surface area contributed by atoms with Crippen LogP contribution < -0.4 is 10.5 Å². The molecule has 0 amide bonds. The molecule has 0 radical (unpaired) electrons. The molecule has 2 aromatic carbocycles. The number of nitriles is 1. The summed E-state index contributed by atoms with van der Waals surface area (Å²) < 4.78 is 5.53. The van der Waals surface area contributed by atoms with Crippen molar-refractivity contribution < 1.29 is 4.42 Å². The van der Waals surface area contributed by atoms with Gasteiger partial charge < -0.3 is 9.32 Å². The van der Waals surface area contributed by atoms with Gasteiger partial charge in [0, 0.05) is 49.9 Å². The second kappa shape index (κ2) is 7.97. The van der Waals surface area contributed by atoms with E-state index in [0.29, 0.717) is 5.56 Å². The average molecular weight is 399 g/mol. The lowest BCUT2D eigenvalue weighted by Crippen LogP contribution is -2.30. The summed E-state index contributed by atoms with van der Waals surface area (Å²) in [7, 11) is 0. The summed E-state index contributed by atoms with van der Waals surface area (Å²) in [6.07, 6.45) is 4.45. The number of aryl methyl sites for hydroxylation is 2. The van der Waals surface area contributed by atoms with Gasteiger partial charge in [0.05, 0.1) is 11.6 Å². The van der Waals surface area contributed by atoms with Crippen LogP contribution in [0.4, 0.5) is 5.69 Å². The third kappa shape index (κ3) is 3.71. The van der Waals surface area contributed by atoms with E-state index >= 15 is 0 Å². The minimum Gasteiger partial charge on any atom is -0.423 e. The molecule has 2 heterocycles. The molecule has 5 rings (SSSR count). The molecule has 1 aliphatic carbocycles. The standard InChI is InChI=1S/C25H25N3O2/c26-16-18-5-7-22(8-6-18)28-10-2-9-27(11-12-28)17-21-15-25(29)30-24-14-20-4-1-3-19(20)13-23(21)24/h5-8,13-15H,1-4,9-12,17H2. The number of anilines is 1. The summed E-state index contributed by atoms with van der Waals surface area (Å²) in [6, 6.07) is 16.0. The van der Waals surface area contributed by atoms with E-state index in [0.717, 1.165) is 74.2 Å². The van der Waals surface area contributed by atoms with E-state index in [4.69, 9.17) is 9.68 Å². The normalized spacial score (nSPS) is 17.0. The lowest BCUT2D eigenvalue weighted by molar-refractivity contribution is 0.286. The molecule has 5 nitrogen and oxygen atoms in total. The second-order valence-corrected chi connectivity index (χ2v) is 8.34. The number of rotatable bonds is 3. The van der Waals surface area contributed by atoms with Gasteiger partial charge in [-0.15, -0.1) is 0 Å². The van der Waals surface area contributed by atoms with Crippen LogP contribution in [-0.4, -0.2) is 31.1 Å². The Labute approximate surface area is 176 Å². The van der Waals surface area contributed by atoms with Gasteiger partial charge in [-0.05, 0) is 78.8 Å². The number of nitrogens with zero attached hydrogens (tertiary/aromatic N) is 3. The van der Waals surface area contributed by atoms with Crippen LogP contribution in [0, 0.1) is 11.3 Å². The molecule has 30 heavy (non-hydrogen) atoms. The highest BCUT2D eigenvalue weighted by molar-refractivity contribution is 5.82. The zero-order valence-corrected chi connectivity index (χ0v) is 17.1. The summed E-state index contributed by atoms with van der Waals surface area (Å²) in [5.74, 6) is 0. The van der Waals surface area contributed by atoms with Crippen molar-refractivity contribution in [3.8, 4) is 6.07 Å². The van der Waals surface area contributed by atoms with Crippen molar-refractivity contribution in [2.24, 2.45) is 0 Å². The summed E-state index contributed by atoms with van der Waals surface area (Å²) >= 11 is 0. The third-order valence-electron chi connectivity index (χ3n) is 6.39. The largest absolute Gasteiger partial charge is 0.423 e. The van der Waals surface area contributed by atoms with E-state index in [-0.39, 0.29) is 5.63 Å². The first kappa shape index (κ1) is 18.9. The van der Waals surface area contributed by atoms with Crippen LogP contribution >= 0.6 is 0 Å². The molecular weight excluding hydrogens is 374 g/mol. The van der Waals surface area contributed by atoms with Gasteiger partial charge in [-0.3, -0.25) is 4.90 Å². The molecule has 152 valence electrons. The van der Waals surface area contributed by atoms with Gasteiger partial charge in [0.25, 0.3) is 0 Å². The van der Waals surface area contributed by atoms with Crippen molar-refractivity contribution in [3.05, 3.63) is 75.1 Å². The van der Waals surface area contributed by atoms with Crippen LogP contribution in [0.15, 0.2) is 51.7 Å². The third-order valence-corrected chi connectivity index (χ3v) is 6.39. The molecule has 1 aromatic heterocycles. The minimum atomic E-state index is -0.260. The van der Waals surface area contributed by atoms with Crippen LogP contribution in [0.5, 0.6) is 0 Å².